The number of aliphatic hydroxyl groups excluding tert-OH is 1. The Morgan fingerprint density at radius 2 is 2.17 bits per heavy atom. The van der Waals surface area contributed by atoms with Gasteiger partial charge in [-0.3, -0.25) is 4.79 Å². The topological polar surface area (TPSA) is 78.6 Å². The Kier molecular flexibility index (Phi) is 4.85. The van der Waals surface area contributed by atoms with Crippen LogP contribution in [0.2, 0.25) is 0 Å². The van der Waals surface area contributed by atoms with Crippen LogP contribution in [0.3, 0.4) is 0 Å². The van der Waals surface area contributed by atoms with Crippen molar-refractivity contribution in [3.8, 4) is 0 Å². The second kappa shape index (κ2) is 7.05. The van der Waals surface area contributed by atoms with E-state index in [0.29, 0.717) is 17.4 Å². The Hall–Kier alpha value is -2.34. The maximum Gasteiger partial charge on any atom is 0.291 e. The predicted octanol–water partition coefficient (Wildman–Crippen LogP) is 2.75. The molecule has 6 heteroatoms. The largest absolute Gasteiger partial charge is 0.456 e. The van der Waals surface area contributed by atoms with Gasteiger partial charge in [-0.1, -0.05) is 0 Å². The van der Waals surface area contributed by atoms with Crippen LogP contribution in [0, 0.1) is 19.8 Å². The fraction of sp³-hybridized carbons (Fsp3) is 0.444. The van der Waals surface area contributed by atoms with Gasteiger partial charge < -0.3 is 19.7 Å². The summed E-state index contributed by atoms with van der Waals surface area (Å²) in [5, 5.41) is 12.2. The first-order valence-electron chi connectivity index (χ1n) is 8.27. The van der Waals surface area contributed by atoms with E-state index in [1.807, 2.05) is 19.9 Å². The molecule has 0 spiro atoms. The predicted molar refractivity (Wildman–Crippen MR) is 92.4 cm³/mol. The highest BCUT2D eigenvalue weighted by Crippen LogP contribution is 2.28. The zero-order valence-electron chi connectivity index (χ0n) is 14.1. The zero-order valence-corrected chi connectivity index (χ0v) is 14.1. The number of carbonyl (C=O) groups is 1. The Morgan fingerprint density at radius 1 is 1.42 bits per heavy atom. The minimum atomic E-state index is -0.273. The lowest BCUT2D eigenvalue weighted by atomic mass is 9.98. The molecule has 2 N–H and O–H groups in total. The third kappa shape index (κ3) is 3.43. The number of rotatable bonds is 4. The Balaban J connectivity index is 1.76. The third-order valence-corrected chi connectivity index (χ3v) is 4.60. The van der Waals surface area contributed by atoms with E-state index >= 15 is 0 Å². The standard InChI is InChI=1S/C18H23N3O3/c1-12-10-16(24-13(12)2)18(23)20-15-4-3-7-19-17(15)21-8-5-14(11-22)6-9-21/h3-4,7,10,14,22H,5-6,8-9,11H2,1-2H3,(H,20,23). The lowest BCUT2D eigenvalue weighted by Crippen LogP contribution is -2.35. The number of furan rings is 1. The second-order valence-electron chi connectivity index (χ2n) is 6.29. The number of nitrogens with one attached hydrogen (secondary N) is 1. The maximum atomic E-state index is 12.4. The van der Waals surface area contributed by atoms with E-state index in [0.717, 1.165) is 43.1 Å². The molecule has 1 aliphatic heterocycles. The Bertz CT molecular complexity index is 699. The average molecular weight is 329 g/mol. The highest BCUT2D eigenvalue weighted by atomic mass is 16.3. The first kappa shape index (κ1) is 16.5. The molecule has 0 radical (unpaired) electrons. The van der Waals surface area contributed by atoms with Crippen molar-refractivity contribution in [1.82, 2.24) is 4.98 Å². The minimum Gasteiger partial charge on any atom is -0.456 e. The normalized spacial score (nSPS) is 15.5. The first-order valence-corrected chi connectivity index (χ1v) is 8.27. The maximum absolute atomic E-state index is 12.4. The van der Waals surface area contributed by atoms with E-state index < -0.39 is 0 Å². The number of aryl methyl sites for hydroxylation is 2. The van der Waals surface area contributed by atoms with Crippen molar-refractivity contribution in [3.63, 3.8) is 0 Å². The van der Waals surface area contributed by atoms with Crippen LogP contribution in [0.4, 0.5) is 11.5 Å². The van der Waals surface area contributed by atoms with Crippen LogP contribution < -0.4 is 10.2 Å². The van der Waals surface area contributed by atoms with Gasteiger partial charge >= 0.3 is 0 Å². The van der Waals surface area contributed by atoms with Crippen molar-refractivity contribution in [2.75, 3.05) is 29.9 Å². The van der Waals surface area contributed by atoms with Crippen molar-refractivity contribution in [2.45, 2.75) is 26.7 Å². The van der Waals surface area contributed by atoms with Crippen LogP contribution in [-0.2, 0) is 0 Å². The molecule has 1 aliphatic rings. The second-order valence-corrected chi connectivity index (χ2v) is 6.29. The van der Waals surface area contributed by atoms with E-state index in [1.54, 1.807) is 18.3 Å². The van der Waals surface area contributed by atoms with Crippen molar-refractivity contribution in [2.24, 2.45) is 5.92 Å². The molecule has 24 heavy (non-hydrogen) atoms. The highest BCUT2D eigenvalue weighted by molar-refractivity contribution is 6.04. The fourth-order valence-corrected chi connectivity index (χ4v) is 2.94. The molecule has 0 saturated carbocycles. The zero-order chi connectivity index (χ0) is 17.1. The van der Waals surface area contributed by atoms with Crippen LogP contribution in [0.1, 0.15) is 34.7 Å². The van der Waals surface area contributed by atoms with Gasteiger partial charge in [0.05, 0.1) is 5.69 Å². The number of anilines is 2. The first-order chi connectivity index (χ1) is 11.6. The summed E-state index contributed by atoms with van der Waals surface area (Å²) in [7, 11) is 0. The SMILES string of the molecule is Cc1cc(C(=O)Nc2cccnc2N2CCC(CO)CC2)oc1C. The summed E-state index contributed by atoms with van der Waals surface area (Å²) < 4.78 is 5.49. The van der Waals surface area contributed by atoms with Gasteiger partial charge in [0.2, 0.25) is 0 Å². The summed E-state index contributed by atoms with van der Waals surface area (Å²) >= 11 is 0. The molecule has 0 unspecified atom stereocenters. The smallest absolute Gasteiger partial charge is 0.291 e. The van der Waals surface area contributed by atoms with Gasteiger partial charge in [0.15, 0.2) is 11.6 Å². The van der Waals surface area contributed by atoms with Crippen LogP contribution in [0.25, 0.3) is 0 Å². The average Bonchev–Trinajstić information content (AvgIpc) is 2.95. The van der Waals surface area contributed by atoms with E-state index in [9.17, 15) is 9.90 Å². The number of hydrogen-bond acceptors (Lipinski definition) is 5. The third-order valence-electron chi connectivity index (χ3n) is 4.60. The molecule has 128 valence electrons. The molecular formula is C18H23N3O3. The molecule has 1 saturated heterocycles. The molecule has 6 nitrogen and oxygen atoms in total. The molecule has 0 bridgehead atoms. The summed E-state index contributed by atoms with van der Waals surface area (Å²) in [6.45, 7) is 5.63. The van der Waals surface area contributed by atoms with Crippen molar-refractivity contribution in [3.05, 3.63) is 41.5 Å². The Labute approximate surface area is 141 Å². The van der Waals surface area contributed by atoms with Gasteiger partial charge in [0, 0.05) is 25.9 Å². The quantitative estimate of drug-likeness (QED) is 0.902. The van der Waals surface area contributed by atoms with Crippen LogP contribution in [0.15, 0.2) is 28.8 Å². The summed E-state index contributed by atoms with van der Waals surface area (Å²) in [6.07, 6.45) is 3.58. The molecule has 0 aromatic carbocycles. The van der Waals surface area contributed by atoms with Crippen molar-refractivity contribution < 1.29 is 14.3 Å². The van der Waals surface area contributed by atoms with E-state index in [4.69, 9.17) is 4.42 Å². The van der Waals surface area contributed by atoms with E-state index in [1.165, 1.54) is 0 Å². The van der Waals surface area contributed by atoms with Crippen LogP contribution in [-0.4, -0.2) is 35.7 Å². The number of carbonyl (C=O) groups excluding carboxylic acids is 1. The molecule has 0 aliphatic carbocycles. The summed E-state index contributed by atoms with van der Waals surface area (Å²) in [5.41, 5.74) is 1.63. The van der Waals surface area contributed by atoms with E-state index in [-0.39, 0.29) is 12.5 Å². The minimum absolute atomic E-state index is 0.233. The molecule has 3 rings (SSSR count). The van der Waals surface area contributed by atoms with E-state index in [2.05, 4.69) is 15.2 Å². The molecule has 0 atom stereocenters. The number of aliphatic hydroxyl groups is 1. The lowest BCUT2D eigenvalue weighted by Gasteiger charge is -2.33. The van der Waals surface area contributed by atoms with Gasteiger partial charge in [-0.2, -0.15) is 0 Å². The van der Waals surface area contributed by atoms with Gasteiger partial charge in [0.25, 0.3) is 5.91 Å². The summed E-state index contributed by atoms with van der Waals surface area (Å²) in [5.74, 6) is 1.90. The molecule has 1 fully saturated rings. The monoisotopic (exact) mass is 329 g/mol. The lowest BCUT2D eigenvalue weighted by molar-refractivity contribution is 0.0995. The summed E-state index contributed by atoms with van der Waals surface area (Å²) in [6, 6.07) is 5.40. The number of amides is 1. The molecular weight excluding hydrogens is 306 g/mol. The van der Waals surface area contributed by atoms with Gasteiger partial charge in [-0.25, -0.2) is 4.98 Å². The summed E-state index contributed by atoms with van der Waals surface area (Å²) in [4.78, 5) is 19.0. The number of hydrogen-bond donors (Lipinski definition) is 2. The number of pyridine rings is 1. The molecule has 1 amide bonds. The molecule has 3 heterocycles. The van der Waals surface area contributed by atoms with Gasteiger partial charge in [-0.15, -0.1) is 0 Å². The molecule has 2 aromatic heterocycles. The number of aromatic nitrogens is 1. The Morgan fingerprint density at radius 3 is 2.79 bits per heavy atom. The van der Waals surface area contributed by atoms with Crippen LogP contribution >= 0.6 is 0 Å². The van der Waals surface area contributed by atoms with Crippen LogP contribution in [0.5, 0.6) is 0 Å². The number of nitrogens with zero attached hydrogens (tertiary/aromatic N) is 2. The molecule has 2 aromatic rings. The number of piperidine rings is 1. The fourth-order valence-electron chi connectivity index (χ4n) is 2.94. The van der Waals surface area contributed by atoms with Gasteiger partial charge in [-0.05, 0) is 56.4 Å². The highest BCUT2D eigenvalue weighted by Gasteiger charge is 2.22. The van der Waals surface area contributed by atoms with Crippen molar-refractivity contribution in [1.29, 1.82) is 0 Å². The van der Waals surface area contributed by atoms with Crippen molar-refractivity contribution >= 4 is 17.4 Å². The van der Waals surface area contributed by atoms with Gasteiger partial charge in [0.1, 0.15) is 5.76 Å².